The second-order valence-electron chi connectivity index (χ2n) is 6.02. The number of thiophene rings is 1. The van der Waals surface area contributed by atoms with E-state index in [0.717, 1.165) is 19.3 Å². The largest absolute Gasteiger partial charge is 0.448 e. The molecule has 0 bridgehead atoms. The summed E-state index contributed by atoms with van der Waals surface area (Å²) in [5.41, 5.74) is 1.56. The molecule has 1 aromatic carbocycles. The molecule has 0 saturated carbocycles. The van der Waals surface area contributed by atoms with Crippen LogP contribution in [0.15, 0.2) is 35.2 Å². The smallest absolute Gasteiger partial charge is 0.349 e. The van der Waals surface area contributed by atoms with Crippen LogP contribution in [0.5, 0.6) is 0 Å². The molecule has 0 radical (unpaired) electrons. The van der Waals surface area contributed by atoms with Crippen molar-refractivity contribution in [2.45, 2.75) is 37.2 Å². The third-order valence-corrected chi connectivity index (χ3v) is 6.20. The number of sulfonamides is 1. The van der Waals surface area contributed by atoms with Crippen molar-refractivity contribution in [1.29, 1.82) is 0 Å². The summed E-state index contributed by atoms with van der Waals surface area (Å²) in [6.07, 6.45) is 2.08. The van der Waals surface area contributed by atoms with Crippen LogP contribution in [0.2, 0.25) is 0 Å². The van der Waals surface area contributed by atoms with Gasteiger partial charge in [-0.25, -0.2) is 18.4 Å². The summed E-state index contributed by atoms with van der Waals surface area (Å²) in [5, 5.41) is 7.59. The van der Waals surface area contributed by atoms with E-state index in [2.05, 4.69) is 5.32 Å². The first-order valence-electron chi connectivity index (χ1n) is 8.00. The number of nitrogens with two attached hydrogens (primary N) is 1. The molecular formula is C17H18N2O5S2. The van der Waals surface area contributed by atoms with E-state index in [-0.39, 0.29) is 4.90 Å². The molecule has 3 N–H and O–H groups in total. The zero-order valence-electron chi connectivity index (χ0n) is 14.0. The summed E-state index contributed by atoms with van der Waals surface area (Å²) in [7, 11) is -3.79. The molecule has 1 aliphatic carbocycles. The lowest BCUT2D eigenvalue weighted by Crippen LogP contribution is -2.29. The van der Waals surface area contributed by atoms with Crippen molar-refractivity contribution in [3.05, 3.63) is 45.6 Å². The molecule has 1 heterocycles. The van der Waals surface area contributed by atoms with Crippen LogP contribution in [0.3, 0.4) is 0 Å². The van der Waals surface area contributed by atoms with Crippen molar-refractivity contribution in [1.82, 2.24) is 0 Å². The molecule has 1 amide bonds. The number of hydrogen-bond acceptors (Lipinski definition) is 6. The molecule has 0 aliphatic heterocycles. The molecule has 138 valence electrons. The molecule has 1 aromatic heterocycles. The van der Waals surface area contributed by atoms with E-state index in [1.807, 2.05) is 6.07 Å². The number of carbonyl (C=O) groups excluding carboxylic acids is 2. The Morgan fingerprint density at radius 3 is 2.54 bits per heavy atom. The number of primary sulfonamides is 1. The average Bonchev–Trinajstić information content (AvgIpc) is 3.16. The molecular weight excluding hydrogens is 376 g/mol. The summed E-state index contributed by atoms with van der Waals surface area (Å²) in [6, 6.07) is 7.24. The first-order chi connectivity index (χ1) is 12.2. The summed E-state index contributed by atoms with van der Waals surface area (Å²) in [6.45, 7) is 1.48. The van der Waals surface area contributed by atoms with Gasteiger partial charge in [-0.2, -0.15) is 0 Å². The fourth-order valence-corrected chi connectivity index (χ4v) is 4.33. The average molecular weight is 394 g/mol. The van der Waals surface area contributed by atoms with Crippen LogP contribution < -0.4 is 10.5 Å². The van der Waals surface area contributed by atoms with E-state index in [0.29, 0.717) is 10.6 Å². The van der Waals surface area contributed by atoms with Crippen molar-refractivity contribution in [2.24, 2.45) is 5.14 Å². The minimum absolute atomic E-state index is 0.0549. The van der Waals surface area contributed by atoms with Gasteiger partial charge in [0.1, 0.15) is 4.88 Å². The maximum absolute atomic E-state index is 12.2. The van der Waals surface area contributed by atoms with Gasteiger partial charge < -0.3 is 10.1 Å². The van der Waals surface area contributed by atoms with Crippen LogP contribution >= 0.6 is 11.3 Å². The molecule has 26 heavy (non-hydrogen) atoms. The van der Waals surface area contributed by atoms with Crippen molar-refractivity contribution in [3.63, 3.8) is 0 Å². The SMILES string of the molecule is C[C@@H](OC(=O)c1cc2c(s1)CCC2)C(=O)Nc1ccc(S(N)(=O)=O)cc1. The monoisotopic (exact) mass is 394 g/mol. The number of benzene rings is 1. The first kappa shape index (κ1) is 18.6. The molecule has 1 atom stereocenters. The van der Waals surface area contributed by atoms with Gasteiger partial charge in [0.2, 0.25) is 10.0 Å². The van der Waals surface area contributed by atoms with Crippen LogP contribution in [-0.2, 0) is 32.4 Å². The molecule has 0 spiro atoms. The highest BCUT2D eigenvalue weighted by Gasteiger charge is 2.23. The Labute approximate surface area is 155 Å². The standard InChI is InChI=1S/C17H18N2O5S2/c1-10(24-17(21)15-9-11-3-2-4-14(11)25-15)16(20)19-12-5-7-13(8-6-12)26(18,22)23/h5-10H,2-4H2,1H3,(H,19,20)(H2,18,22,23)/t10-/m1/s1. The van der Waals surface area contributed by atoms with Gasteiger partial charge in [0.15, 0.2) is 6.10 Å². The Morgan fingerprint density at radius 2 is 1.92 bits per heavy atom. The first-order valence-corrected chi connectivity index (χ1v) is 10.4. The lowest BCUT2D eigenvalue weighted by Gasteiger charge is -2.13. The van der Waals surface area contributed by atoms with Crippen molar-refractivity contribution in [2.75, 3.05) is 5.32 Å². The summed E-state index contributed by atoms with van der Waals surface area (Å²) in [5.74, 6) is -1.03. The third kappa shape index (κ3) is 4.12. The predicted molar refractivity (Wildman–Crippen MR) is 97.7 cm³/mol. The summed E-state index contributed by atoms with van der Waals surface area (Å²) >= 11 is 1.42. The van der Waals surface area contributed by atoms with Crippen LogP contribution in [0.4, 0.5) is 5.69 Å². The highest BCUT2D eigenvalue weighted by Crippen LogP contribution is 2.31. The normalized spacial score (nSPS) is 14.5. The maximum Gasteiger partial charge on any atom is 0.349 e. The number of carbonyl (C=O) groups is 2. The number of ether oxygens (including phenoxy) is 1. The van der Waals surface area contributed by atoms with Crippen molar-refractivity contribution < 1.29 is 22.7 Å². The maximum atomic E-state index is 12.2. The van der Waals surface area contributed by atoms with E-state index in [1.54, 1.807) is 0 Å². The topological polar surface area (TPSA) is 116 Å². The summed E-state index contributed by atoms with van der Waals surface area (Å²) in [4.78, 5) is 26.0. The fourth-order valence-electron chi connectivity index (χ4n) is 2.67. The molecule has 0 saturated heterocycles. The number of amides is 1. The highest BCUT2D eigenvalue weighted by molar-refractivity contribution is 7.89. The van der Waals surface area contributed by atoms with Gasteiger partial charge in [0, 0.05) is 10.6 Å². The van der Waals surface area contributed by atoms with Gasteiger partial charge in [-0.15, -0.1) is 11.3 Å². The Kier molecular flexibility index (Phi) is 5.12. The lowest BCUT2D eigenvalue weighted by atomic mass is 10.2. The number of hydrogen-bond donors (Lipinski definition) is 2. The Balaban J connectivity index is 1.59. The highest BCUT2D eigenvalue weighted by atomic mass is 32.2. The van der Waals surface area contributed by atoms with Crippen LogP contribution in [-0.4, -0.2) is 26.4 Å². The molecule has 0 unspecified atom stereocenters. The predicted octanol–water partition coefficient (Wildman–Crippen LogP) is 2.07. The molecule has 7 nitrogen and oxygen atoms in total. The molecule has 0 fully saturated rings. The fraction of sp³-hybridized carbons (Fsp3) is 0.294. The Bertz CT molecular complexity index is 927. The minimum Gasteiger partial charge on any atom is -0.448 e. The van der Waals surface area contributed by atoms with Crippen LogP contribution in [0.25, 0.3) is 0 Å². The zero-order valence-corrected chi connectivity index (χ0v) is 15.7. The molecule has 1 aliphatic rings. The number of fused-ring (bicyclic) bond motifs is 1. The van der Waals surface area contributed by atoms with Crippen molar-refractivity contribution >= 4 is 38.9 Å². The van der Waals surface area contributed by atoms with Gasteiger partial charge in [-0.05, 0) is 62.1 Å². The van der Waals surface area contributed by atoms with Gasteiger partial charge in [0.05, 0.1) is 4.90 Å². The molecule has 9 heteroatoms. The number of anilines is 1. The Hall–Kier alpha value is -2.23. The van der Waals surface area contributed by atoms with Gasteiger partial charge in [0.25, 0.3) is 5.91 Å². The zero-order chi connectivity index (χ0) is 18.9. The lowest BCUT2D eigenvalue weighted by molar-refractivity contribution is -0.123. The second-order valence-corrected chi connectivity index (χ2v) is 8.72. The quantitative estimate of drug-likeness (QED) is 0.753. The third-order valence-electron chi connectivity index (χ3n) is 4.05. The van der Waals surface area contributed by atoms with E-state index in [9.17, 15) is 18.0 Å². The summed E-state index contributed by atoms with van der Waals surface area (Å²) < 4.78 is 27.7. The number of esters is 1. The van der Waals surface area contributed by atoms with Crippen LogP contribution in [0, 0.1) is 0 Å². The molecule has 2 aromatic rings. The van der Waals surface area contributed by atoms with Crippen molar-refractivity contribution in [3.8, 4) is 0 Å². The molecule has 3 rings (SSSR count). The minimum atomic E-state index is -3.79. The number of aryl methyl sites for hydroxylation is 2. The van der Waals surface area contributed by atoms with E-state index in [1.165, 1.54) is 53.0 Å². The number of rotatable bonds is 5. The van der Waals surface area contributed by atoms with E-state index < -0.39 is 28.0 Å². The van der Waals surface area contributed by atoms with Gasteiger partial charge >= 0.3 is 5.97 Å². The van der Waals surface area contributed by atoms with Gasteiger partial charge in [-0.3, -0.25) is 4.79 Å². The van der Waals surface area contributed by atoms with E-state index >= 15 is 0 Å². The second kappa shape index (κ2) is 7.18. The van der Waals surface area contributed by atoms with Gasteiger partial charge in [-0.1, -0.05) is 0 Å². The number of nitrogens with one attached hydrogen (secondary N) is 1. The van der Waals surface area contributed by atoms with E-state index in [4.69, 9.17) is 9.88 Å². The van der Waals surface area contributed by atoms with Crippen LogP contribution in [0.1, 0.15) is 33.5 Å². The Morgan fingerprint density at radius 1 is 1.23 bits per heavy atom.